The van der Waals surface area contributed by atoms with Crippen LogP contribution in [0.2, 0.25) is 0 Å². The van der Waals surface area contributed by atoms with Gasteiger partial charge in [0.1, 0.15) is 29.5 Å². The third-order valence-electron chi connectivity index (χ3n) is 13.0. The molecule has 7 heterocycles. The molecule has 58 heavy (non-hydrogen) atoms. The van der Waals surface area contributed by atoms with Crippen LogP contribution in [0.4, 0.5) is 54.1 Å². The van der Waals surface area contributed by atoms with Crippen molar-refractivity contribution in [3.63, 3.8) is 0 Å². The second kappa shape index (κ2) is 13.5. The molecule has 4 aromatic rings. The van der Waals surface area contributed by atoms with Gasteiger partial charge in [-0.25, -0.2) is 13.8 Å². The SMILES string of the molecule is Cc1c(F)ccc2cccc(-c3nc4c5c(nc(OC[C@@]67CCCN6[C@H](COC(C(F)(F)F)(C(F)(F)F)C(F)(F)F)CC7)nc5c3F)N3C[C@H]5CC[C@H](N5)[C@H]3CC4)c12. The Morgan fingerprint density at radius 3 is 2.36 bits per heavy atom. The summed E-state index contributed by atoms with van der Waals surface area (Å²) in [5, 5.41) is 5.22. The number of aryl methyl sites for hydroxylation is 2. The molecular weight excluding hydrogens is 793 g/mol. The van der Waals surface area contributed by atoms with Crippen molar-refractivity contribution in [1.82, 2.24) is 25.2 Å². The molecule has 19 heteroatoms. The number of fused-ring (bicyclic) bond motifs is 7. The lowest BCUT2D eigenvalue weighted by Gasteiger charge is -2.41. The standard InChI is InChI=1S/C39H37F11N6O2/c1-19-24(40)8-6-20-4-2-5-23(28(19)20)31-30(41)32-29-26(52-31)10-11-27-25-9-7-21(51-25)16-55(27)33(29)54-34(53-32)57-18-35-13-3-15-56(35)22(12-14-35)17-58-36(37(42,43)44,38(45,46)47)39(48,49)50/h2,4-6,8,21-22,25,27,51H,3,7,9-18H2,1H3/t21-,22+,25+,27-,35+/m1/s1. The molecular formula is C39H37F11N6O2. The molecule has 0 spiro atoms. The number of rotatable bonds is 7. The summed E-state index contributed by atoms with van der Waals surface area (Å²) in [7, 11) is 0. The highest BCUT2D eigenvalue weighted by molar-refractivity contribution is 6.01. The first-order chi connectivity index (χ1) is 27.3. The van der Waals surface area contributed by atoms with E-state index in [2.05, 4.69) is 19.9 Å². The summed E-state index contributed by atoms with van der Waals surface area (Å²) in [6.07, 6.45) is -16.7. The first-order valence-corrected chi connectivity index (χ1v) is 19.2. The molecule has 4 fully saturated rings. The summed E-state index contributed by atoms with van der Waals surface area (Å²) in [6, 6.07) is 6.91. The maximum Gasteiger partial charge on any atom is 0.435 e. The average Bonchev–Trinajstić information content (AvgIpc) is 3.81. The normalized spacial score (nSPS) is 26.4. The van der Waals surface area contributed by atoms with E-state index >= 15 is 4.39 Å². The molecule has 0 unspecified atom stereocenters. The number of aromatic nitrogens is 3. The molecule has 9 rings (SSSR count). The number of anilines is 1. The van der Waals surface area contributed by atoms with E-state index in [0.717, 1.165) is 12.8 Å². The van der Waals surface area contributed by atoms with E-state index in [1.807, 2.05) is 0 Å². The summed E-state index contributed by atoms with van der Waals surface area (Å²) >= 11 is 0. The smallest absolute Gasteiger partial charge is 0.435 e. The molecule has 4 saturated heterocycles. The largest absolute Gasteiger partial charge is 0.461 e. The number of pyridine rings is 1. The zero-order chi connectivity index (χ0) is 41.2. The summed E-state index contributed by atoms with van der Waals surface area (Å²) in [4.78, 5) is 17.9. The Balaban J connectivity index is 1.08. The van der Waals surface area contributed by atoms with E-state index in [1.54, 1.807) is 36.1 Å². The average molecular weight is 831 g/mol. The van der Waals surface area contributed by atoms with Gasteiger partial charge in [0, 0.05) is 36.3 Å². The maximum atomic E-state index is 17.2. The minimum Gasteiger partial charge on any atom is -0.461 e. The van der Waals surface area contributed by atoms with Crippen molar-refractivity contribution in [1.29, 1.82) is 0 Å². The highest BCUT2D eigenvalue weighted by Gasteiger charge is 2.85. The van der Waals surface area contributed by atoms with E-state index in [1.165, 1.54) is 6.07 Å². The van der Waals surface area contributed by atoms with Gasteiger partial charge in [-0.2, -0.15) is 49.5 Å². The number of hydrogen-bond donors (Lipinski definition) is 1. The molecule has 0 aliphatic carbocycles. The summed E-state index contributed by atoms with van der Waals surface area (Å²) in [5.74, 6) is -0.850. The lowest BCUT2D eigenvalue weighted by Crippen LogP contribution is -2.68. The van der Waals surface area contributed by atoms with Crippen LogP contribution >= 0.6 is 0 Å². The Bertz CT molecular complexity index is 2250. The third kappa shape index (κ3) is 5.91. The molecule has 2 aromatic heterocycles. The van der Waals surface area contributed by atoms with Crippen molar-refractivity contribution in [2.75, 3.05) is 31.2 Å². The zero-order valence-corrected chi connectivity index (χ0v) is 30.9. The van der Waals surface area contributed by atoms with Gasteiger partial charge in [-0.1, -0.05) is 24.3 Å². The summed E-state index contributed by atoms with van der Waals surface area (Å²) in [5.41, 5.74) is -6.27. The van der Waals surface area contributed by atoms with E-state index in [4.69, 9.17) is 14.7 Å². The molecule has 5 aliphatic heterocycles. The number of halogens is 11. The predicted molar refractivity (Wildman–Crippen MR) is 188 cm³/mol. The van der Waals surface area contributed by atoms with Crippen molar-refractivity contribution in [2.24, 2.45) is 0 Å². The number of benzene rings is 2. The predicted octanol–water partition coefficient (Wildman–Crippen LogP) is 8.51. The molecule has 0 amide bonds. The monoisotopic (exact) mass is 830 g/mol. The molecule has 8 nitrogen and oxygen atoms in total. The zero-order valence-electron chi connectivity index (χ0n) is 30.9. The van der Waals surface area contributed by atoms with Gasteiger partial charge in [0.05, 0.1) is 23.2 Å². The molecule has 312 valence electrons. The molecule has 5 atom stereocenters. The van der Waals surface area contributed by atoms with E-state index in [9.17, 15) is 43.9 Å². The van der Waals surface area contributed by atoms with E-state index < -0.39 is 54.0 Å². The van der Waals surface area contributed by atoms with Crippen molar-refractivity contribution in [3.05, 3.63) is 53.2 Å². The van der Waals surface area contributed by atoms with Gasteiger partial charge in [-0.3, -0.25) is 4.90 Å². The summed E-state index contributed by atoms with van der Waals surface area (Å²) < 4.78 is 165. The molecule has 5 aliphatic rings. The second-order valence-corrected chi connectivity index (χ2v) is 16.1. The fraction of sp³-hybridized carbons (Fsp3) is 0.564. The maximum absolute atomic E-state index is 17.2. The van der Waals surface area contributed by atoms with Gasteiger partial charge in [-0.15, -0.1) is 0 Å². The number of hydrogen-bond acceptors (Lipinski definition) is 8. The van der Waals surface area contributed by atoms with Crippen LogP contribution in [0.25, 0.3) is 32.9 Å². The lowest BCUT2D eigenvalue weighted by atomic mass is 9.95. The Morgan fingerprint density at radius 2 is 1.62 bits per heavy atom. The first kappa shape index (κ1) is 39.4. The molecule has 2 bridgehead atoms. The van der Waals surface area contributed by atoms with Gasteiger partial charge in [-0.05, 0) is 87.2 Å². The van der Waals surface area contributed by atoms with Gasteiger partial charge in [0.25, 0.3) is 0 Å². The number of alkyl halides is 9. The van der Waals surface area contributed by atoms with Crippen molar-refractivity contribution in [2.45, 2.75) is 112 Å². The van der Waals surface area contributed by atoms with Gasteiger partial charge in [0.15, 0.2) is 5.82 Å². The number of piperazine rings is 1. The Labute approximate surface area is 324 Å². The molecule has 2 aromatic carbocycles. The Morgan fingerprint density at radius 1 is 0.862 bits per heavy atom. The second-order valence-electron chi connectivity index (χ2n) is 16.1. The number of nitrogens with one attached hydrogen (secondary N) is 1. The van der Waals surface area contributed by atoms with Crippen LogP contribution in [0, 0.1) is 18.6 Å². The van der Waals surface area contributed by atoms with Gasteiger partial charge < -0.3 is 19.7 Å². The highest BCUT2D eigenvalue weighted by Crippen LogP contribution is 2.56. The number of nitrogens with zero attached hydrogens (tertiary/aromatic N) is 5. The van der Waals surface area contributed by atoms with Crippen molar-refractivity contribution in [3.8, 4) is 17.3 Å². The van der Waals surface area contributed by atoms with E-state index in [0.29, 0.717) is 71.0 Å². The van der Waals surface area contributed by atoms with Crippen LogP contribution in [0.1, 0.15) is 56.2 Å². The van der Waals surface area contributed by atoms with Crippen LogP contribution in [-0.2, 0) is 11.2 Å². The molecule has 0 radical (unpaired) electrons. The lowest BCUT2D eigenvalue weighted by molar-refractivity contribution is -0.458. The fourth-order valence-corrected chi connectivity index (χ4v) is 10.3. The van der Waals surface area contributed by atoms with Gasteiger partial charge in [0.2, 0.25) is 0 Å². The van der Waals surface area contributed by atoms with Crippen LogP contribution in [0.3, 0.4) is 0 Å². The minimum atomic E-state index is -6.84. The van der Waals surface area contributed by atoms with Crippen LogP contribution < -0.4 is 15.0 Å². The van der Waals surface area contributed by atoms with E-state index in [-0.39, 0.29) is 61.3 Å². The first-order valence-electron chi connectivity index (χ1n) is 19.2. The minimum absolute atomic E-state index is 0.0315. The Hall–Kier alpha value is -4.10. The highest BCUT2D eigenvalue weighted by atomic mass is 19.4. The number of ether oxygens (including phenoxy) is 2. The third-order valence-corrected chi connectivity index (χ3v) is 13.0. The van der Waals surface area contributed by atoms with Crippen LogP contribution in [0.15, 0.2) is 30.3 Å². The summed E-state index contributed by atoms with van der Waals surface area (Å²) in [6.45, 7) is 0.590. The van der Waals surface area contributed by atoms with Crippen molar-refractivity contribution >= 4 is 27.5 Å². The molecule has 1 N–H and O–H groups in total. The topological polar surface area (TPSA) is 75.6 Å². The van der Waals surface area contributed by atoms with Crippen LogP contribution in [-0.4, -0.2) is 100.0 Å². The Kier molecular flexibility index (Phi) is 9.13. The van der Waals surface area contributed by atoms with Crippen molar-refractivity contribution < 1.29 is 57.8 Å². The van der Waals surface area contributed by atoms with Gasteiger partial charge >= 0.3 is 30.1 Å². The molecule has 0 saturated carbocycles. The van der Waals surface area contributed by atoms with Crippen LogP contribution in [0.5, 0.6) is 6.01 Å². The quantitative estimate of drug-likeness (QED) is 0.186. The fourth-order valence-electron chi connectivity index (χ4n) is 10.3.